The molecule has 0 aliphatic carbocycles. The summed E-state index contributed by atoms with van der Waals surface area (Å²) in [4.78, 5) is 0. The topological polar surface area (TPSA) is 29.5 Å². The van der Waals surface area contributed by atoms with Crippen LogP contribution in [0.15, 0.2) is 66.7 Å². The van der Waals surface area contributed by atoms with Crippen molar-refractivity contribution in [1.82, 2.24) is 0 Å². The zero-order valence-electron chi connectivity index (χ0n) is 17.4. The maximum absolute atomic E-state index is 10.4. The molecule has 0 radical (unpaired) electrons. The maximum atomic E-state index is 10.4. The largest absolute Gasteiger partial charge is 0.427 e. The molecule has 0 heterocycles. The number of benzene rings is 5. The first-order chi connectivity index (χ1) is 13.8. The zero-order chi connectivity index (χ0) is 20.4. The van der Waals surface area contributed by atoms with Gasteiger partial charge in [0.1, 0.15) is 0 Å². The molecule has 5 aromatic carbocycles. The molecule has 0 spiro atoms. The molecule has 0 fully saturated rings. The lowest BCUT2D eigenvalue weighted by molar-refractivity contribution is -0.0893. The van der Waals surface area contributed by atoms with Gasteiger partial charge >= 0.3 is 7.48 Å². The Kier molecular flexibility index (Phi) is 3.93. The van der Waals surface area contributed by atoms with Crippen LogP contribution in [-0.4, -0.2) is 23.8 Å². The molecule has 0 bridgehead atoms. The van der Waals surface area contributed by atoms with Crippen LogP contribution in [0.5, 0.6) is 0 Å². The summed E-state index contributed by atoms with van der Waals surface area (Å²) in [6.45, 7) is 7.47. The van der Waals surface area contributed by atoms with Gasteiger partial charge in [0, 0.05) is 0 Å². The highest BCUT2D eigenvalue weighted by Gasteiger charge is 2.35. The molecule has 0 aromatic heterocycles. The molecule has 5 aromatic rings. The van der Waals surface area contributed by atoms with Gasteiger partial charge in [-0.1, -0.05) is 66.7 Å². The van der Waals surface area contributed by atoms with Crippen LogP contribution < -0.4 is 5.46 Å². The van der Waals surface area contributed by atoms with E-state index in [4.69, 9.17) is 4.65 Å². The Labute approximate surface area is 171 Å². The second kappa shape index (κ2) is 6.19. The highest BCUT2D eigenvalue weighted by molar-refractivity contribution is 6.53. The number of rotatable bonds is 4. The van der Waals surface area contributed by atoms with E-state index in [0.29, 0.717) is 7.48 Å². The van der Waals surface area contributed by atoms with Gasteiger partial charge in [-0.2, -0.15) is 0 Å². The van der Waals surface area contributed by atoms with Gasteiger partial charge in [0.25, 0.3) is 0 Å². The third kappa shape index (κ3) is 2.72. The Bertz CT molecular complexity index is 1310. The van der Waals surface area contributed by atoms with Gasteiger partial charge in [0.2, 0.25) is 0 Å². The fourth-order valence-corrected chi connectivity index (χ4v) is 4.27. The monoisotopic (exact) mass is 380 g/mol. The highest BCUT2D eigenvalue weighted by atomic mass is 16.5. The predicted octanol–water partition coefficient (Wildman–Crippen LogP) is 5.28. The first kappa shape index (κ1) is 18.4. The fourth-order valence-electron chi connectivity index (χ4n) is 4.27. The summed E-state index contributed by atoms with van der Waals surface area (Å²) in [5, 5.41) is 20.7. The molecular weight excluding hydrogens is 355 g/mol. The Morgan fingerprint density at radius 2 is 1.17 bits per heavy atom. The van der Waals surface area contributed by atoms with Crippen molar-refractivity contribution in [1.29, 1.82) is 0 Å². The van der Waals surface area contributed by atoms with Crippen molar-refractivity contribution in [3.63, 3.8) is 0 Å². The third-order valence-electron chi connectivity index (χ3n) is 6.68. The molecule has 0 unspecified atom stereocenters. The molecule has 0 aliphatic heterocycles. The zero-order valence-corrected chi connectivity index (χ0v) is 17.4. The van der Waals surface area contributed by atoms with Crippen LogP contribution in [0.25, 0.3) is 43.1 Å². The lowest BCUT2D eigenvalue weighted by Gasteiger charge is -2.37. The van der Waals surface area contributed by atoms with Gasteiger partial charge in [0.05, 0.1) is 11.2 Å². The summed E-state index contributed by atoms with van der Waals surface area (Å²) in [6, 6.07) is 24.1. The fraction of sp³-hybridized carbons (Fsp3) is 0.231. The molecular formula is C26H25BO2. The maximum Gasteiger partial charge on any atom is 0.310 e. The minimum Gasteiger partial charge on any atom is -0.427 e. The smallest absolute Gasteiger partial charge is 0.310 e. The third-order valence-corrected chi connectivity index (χ3v) is 6.68. The van der Waals surface area contributed by atoms with E-state index in [1.54, 1.807) is 13.8 Å². The van der Waals surface area contributed by atoms with E-state index in [9.17, 15) is 5.11 Å². The quantitative estimate of drug-likeness (QED) is 0.261. The Hall–Kier alpha value is -2.62. The molecule has 5 rings (SSSR count). The van der Waals surface area contributed by atoms with E-state index in [-0.39, 0.29) is 0 Å². The second-order valence-electron chi connectivity index (χ2n) is 9.07. The SMILES string of the molecule is CC(C)(O)C(C)(C)OBc1ccc2c3cccc4cccc(c5cccc1c52)c43. The minimum atomic E-state index is -0.923. The first-order valence-corrected chi connectivity index (χ1v) is 10.2. The van der Waals surface area contributed by atoms with E-state index in [0.717, 1.165) is 5.46 Å². The summed E-state index contributed by atoms with van der Waals surface area (Å²) < 4.78 is 6.20. The Balaban J connectivity index is 1.77. The van der Waals surface area contributed by atoms with Crippen molar-refractivity contribution in [2.24, 2.45) is 0 Å². The van der Waals surface area contributed by atoms with Gasteiger partial charge < -0.3 is 9.76 Å². The summed E-state index contributed by atoms with van der Waals surface area (Å²) >= 11 is 0. The molecule has 0 saturated heterocycles. The van der Waals surface area contributed by atoms with Gasteiger partial charge in [-0.3, -0.25) is 0 Å². The number of hydrogen-bond acceptors (Lipinski definition) is 2. The van der Waals surface area contributed by atoms with Crippen LogP contribution in [-0.2, 0) is 4.65 Å². The van der Waals surface area contributed by atoms with Crippen LogP contribution in [0, 0.1) is 0 Å². The number of aliphatic hydroxyl groups is 1. The van der Waals surface area contributed by atoms with Crippen LogP contribution >= 0.6 is 0 Å². The summed E-state index contributed by atoms with van der Waals surface area (Å²) in [5.74, 6) is 0. The predicted molar refractivity (Wildman–Crippen MR) is 126 cm³/mol. The van der Waals surface area contributed by atoms with E-state index in [1.165, 1.54) is 43.1 Å². The van der Waals surface area contributed by atoms with Crippen LogP contribution in [0.4, 0.5) is 0 Å². The van der Waals surface area contributed by atoms with E-state index >= 15 is 0 Å². The van der Waals surface area contributed by atoms with Gasteiger partial charge in [-0.25, -0.2) is 0 Å². The van der Waals surface area contributed by atoms with Gasteiger partial charge in [0.15, 0.2) is 0 Å². The molecule has 0 aliphatic rings. The van der Waals surface area contributed by atoms with Crippen molar-refractivity contribution in [3.8, 4) is 0 Å². The van der Waals surface area contributed by atoms with Gasteiger partial charge in [-0.05, 0) is 76.2 Å². The molecule has 2 nitrogen and oxygen atoms in total. The van der Waals surface area contributed by atoms with Crippen molar-refractivity contribution < 1.29 is 9.76 Å². The van der Waals surface area contributed by atoms with Crippen LogP contribution in [0.2, 0.25) is 0 Å². The minimum absolute atomic E-state index is 0.461. The standard InChI is InChI=1S/C26H25BO2/c1-25(2,28)26(3,4)29-27-22-15-14-20-18-11-6-9-16-8-5-10-17(23(16)18)19-12-7-13-21(22)24(19)20/h5-15,27-28H,1-4H3. The highest BCUT2D eigenvalue weighted by Crippen LogP contribution is 2.39. The van der Waals surface area contributed by atoms with E-state index in [1.807, 2.05) is 13.8 Å². The molecule has 0 saturated carbocycles. The van der Waals surface area contributed by atoms with E-state index in [2.05, 4.69) is 66.7 Å². The van der Waals surface area contributed by atoms with Crippen LogP contribution in [0.3, 0.4) is 0 Å². The molecule has 29 heavy (non-hydrogen) atoms. The summed E-state index contributed by atoms with van der Waals surface area (Å²) in [7, 11) is 0.461. The Morgan fingerprint density at radius 3 is 1.79 bits per heavy atom. The second-order valence-corrected chi connectivity index (χ2v) is 9.07. The lowest BCUT2D eigenvalue weighted by atomic mass is 9.78. The lowest BCUT2D eigenvalue weighted by Crippen LogP contribution is -2.49. The number of fused-ring (bicyclic) bond motifs is 2. The van der Waals surface area contributed by atoms with Crippen molar-refractivity contribution in [2.45, 2.75) is 38.9 Å². The molecule has 1 N–H and O–H groups in total. The summed E-state index contributed by atoms with van der Waals surface area (Å²) in [6.07, 6.45) is 0. The van der Waals surface area contributed by atoms with E-state index < -0.39 is 11.2 Å². The molecule has 0 atom stereocenters. The van der Waals surface area contributed by atoms with Crippen molar-refractivity contribution in [3.05, 3.63) is 66.7 Å². The number of hydrogen-bond donors (Lipinski definition) is 1. The molecule has 0 amide bonds. The normalized spacial score (nSPS) is 13.1. The Morgan fingerprint density at radius 1 is 0.655 bits per heavy atom. The molecule has 3 heteroatoms. The average Bonchev–Trinajstić information content (AvgIpc) is 2.69. The van der Waals surface area contributed by atoms with Crippen LogP contribution in [0.1, 0.15) is 27.7 Å². The average molecular weight is 380 g/mol. The van der Waals surface area contributed by atoms with Gasteiger partial charge in [-0.15, -0.1) is 0 Å². The van der Waals surface area contributed by atoms with Crippen molar-refractivity contribution in [2.75, 3.05) is 0 Å². The first-order valence-electron chi connectivity index (χ1n) is 10.2. The van der Waals surface area contributed by atoms with Crippen molar-refractivity contribution >= 4 is 56.0 Å². The summed E-state index contributed by atoms with van der Waals surface area (Å²) in [5.41, 5.74) is -0.423. The molecule has 144 valence electrons.